The second kappa shape index (κ2) is 15.9. The zero-order chi connectivity index (χ0) is 35.1. The van der Waals surface area contributed by atoms with E-state index < -0.39 is 5.41 Å². The monoisotopic (exact) mass is 682 g/mol. The summed E-state index contributed by atoms with van der Waals surface area (Å²) < 4.78 is 21.0. The first kappa shape index (κ1) is 35.2. The third-order valence-electron chi connectivity index (χ3n) is 10.6. The van der Waals surface area contributed by atoms with Crippen LogP contribution in [-0.4, -0.2) is 125 Å². The van der Waals surface area contributed by atoms with Crippen molar-refractivity contribution in [3.05, 3.63) is 102 Å². The van der Waals surface area contributed by atoms with Crippen LogP contribution in [0.1, 0.15) is 53.6 Å². The number of tetrazole rings is 1. The normalized spacial score (nSPS) is 17.3. The topological polar surface area (TPSA) is 99.9 Å². The number of piperidine rings is 1. The molecule has 3 aromatic carbocycles. The van der Waals surface area contributed by atoms with E-state index in [1.807, 2.05) is 30.3 Å². The van der Waals surface area contributed by atoms with Gasteiger partial charge in [-0.1, -0.05) is 49.4 Å². The van der Waals surface area contributed by atoms with Crippen molar-refractivity contribution in [1.82, 2.24) is 39.8 Å². The summed E-state index contributed by atoms with van der Waals surface area (Å²) in [4.78, 5) is 36.8. The van der Waals surface area contributed by atoms with E-state index in [1.54, 1.807) is 30.1 Å². The number of likely N-dealkylation sites (N-methyl/N-ethyl adjacent to an activating group) is 2. The van der Waals surface area contributed by atoms with Gasteiger partial charge in [0.25, 0.3) is 5.91 Å². The van der Waals surface area contributed by atoms with Crippen LogP contribution in [0.4, 0.5) is 4.39 Å². The number of halogens is 1. The number of likely N-dealkylation sites (tertiary alicyclic amines) is 1. The second-order valence-electron chi connectivity index (χ2n) is 13.4. The van der Waals surface area contributed by atoms with Gasteiger partial charge >= 0.3 is 0 Å². The predicted octanol–water partition coefficient (Wildman–Crippen LogP) is 4.25. The molecule has 2 aliphatic rings. The quantitative estimate of drug-likeness (QED) is 0.219. The molecule has 1 atom stereocenters. The fourth-order valence-corrected chi connectivity index (χ4v) is 7.45. The summed E-state index contributed by atoms with van der Waals surface area (Å²) in [7, 11) is 3.32. The summed E-state index contributed by atoms with van der Waals surface area (Å²) in [6, 6.07) is 22.1. The lowest BCUT2D eigenvalue weighted by atomic mass is 9.71. The van der Waals surface area contributed by atoms with Crippen LogP contribution in [0.5, 0.6) is 5.75 Å². The van der Waals surface area contributed by atoms with E-state index in [9.17, 15) is 14.0 Å². The van der Waals surface area contributed by atoms with Crippen LogP contribution >= 0.6 is 0 Å². The Bertz CT molecular complexity index is 1700. The number of aromatic nitrogens is 4. The Morgan fingerprint density at radius 2 is 1.66 bits per heavy atom. The highest BCUT2D eigenvalue weighted by Crippen LogP contribution is 2.38. The zero-order valence-corrected chi connectivity index (χ0v) is 29.2. The maximum Gasteiger partial charge on any atom is 0.257 e. The summed E-state index contributed by atoms with van der Waals surface area (Å²) >= 11 is 0. The Labute approximate surface area is 293 Å². The van der Waals surface area contributed by atoms with Crippen molar-refractivity contribution in [2.24, 2.45) is 0 Å². The lowest BCUT2D eigenvalue weighted by Crippen LogP contribution is -2.57. The Hall–Kier alpha value is -4.68. The molecule has 0 bridgehead atoms. The maximum absolute atomic E-state index is 14.3. The molecule has 3 heterocycles. The first-order valence-corrected chi connectivity index (χ1v) is 17.5. The predicted molar refractivity (Wildman–Crippen MR) is 189 cm³/mol. The van der Waals surface area contributed by atoms with E-state index >= 15 is 0 Å². The van der Waals surface area contributed by atoms with Crippen molar-refractivity contribution < 1.29 is 18.7 Å². The first-order chi connectivity index (χ1) is 24.3. The molecule has 0 radical (unpaired) electrons. The number of hydrogen-bond acceptors (Lipinski definition) is 8. The van der Waals surface area contributed by atoms with Gasteiger partial charge in [0.05, 0.1) is 23.8 Å². The number of hydrogen-bond donors (Lipinski definition) is 0. The molecular formula is C38H47FN8O3. The van der Waals surface area contributed by atoms with Crippen molar-refractivity contribution in [2.45, 2.75) is 37.5 Å². The molecule has 11 nitrogen and oxygen atoms in total. The Balaban J connectivity index is 1.15. The highest BCUT2D eigenvalue weighted by molar-refractivity contribution is 5.97. The lowest BCUT2D eigenvalue weighted by molar-refractivity contribution is -0.141. The van der Waals surface area contributed by atoms with Gasteiger partial charge in [0.2, 0.25) is 5.91 Å². The molecular weight excluding hydrogens is 635 g/mol. The van der Waals surface area contributed by atoms with Gasteiger partial charge in [-0.3, -0.25) is 9.59 Å². The molecule has 2 amide bonds. The smallest absolute Gasteiger partial charge is 0.257 e. The van der Waals surface area contributed by atoms with Gasteiger partial charge in [0.15, 0.2) is 0 Å². The summed E-state index contributed by atoms with van der Waals surface area (Å²) in [5.41, 5.74) is 2.57. The van der Waals surface area contributed by atoms with Crippen LogP contribution in [-0.2, 0) is 10.2 Å². The summed E-state index contributed by atoms with van der Waals surface area (Å²) in [5, 5.41) is 11.4. The minimum absolute atomic E-state index is 0.0458. The molecule has 50 heavy (non-hydrogen) atoms. The van der Waals surface area contributed by atoms with Crippen molar-refractivity contribution >= 4 is 11.8 Å². The number of ether oxygens (including phenoxy) is 1. The van der Waals surface area contributed by atoms with Gasteiger partial charge in [-0.05, 0) is 97.3 Å². The third-order valence-corrected chi connectivity index (χ3v) is 10.6. The number of nitrogens with zero attached hydrogens (tertiary/aromatic N) is 8. The van der Waals surface area contributed by atoms with Gasteiger partial charge in [0.1, 0.15) is 17.9 Å². The molecule has 1 aromatic heterocycles. The molecule has 6 rings (SSSR count). The SMILES string of the molecule is CCN1CCN(C(=O)C2(c3ccccc3)CCN(CC[C@H](CN(C)C(=O)c3cc(-n4cnnn4)ccc3OC)c3ccc(F)cc3)CC2)CC1. The van der Waals surface area contributed by atoms with Gasteiger partial charge in [-0.2, -0.15) is 0 Å². The van der Waals surface area contributed by atoms with Crippen LogP contribution in [0.2, 0.25) is 0 Å². The van der Waals surface area contributed by atoms with Crippen LogP contribution in [0, 0.1) is 5.82 Å². The molecule has 0 N–H and O–H groups in total. The van der Waals surface area contributed by atoms with Crippen LogP contribution in [0.15, 0.2) is 79.1 Å². The van der Waals surface area contributed by atoms with E-state index in [1.165, 1.54) is 30.3 Å². The number of rotatable bonds is 12. The number of methoxy groups -OCH3 is 1. The average molecular weight is 683 g/mol. The molecule has 4 aromatic rings. The molecule has 2 fully saturated rings. The van der Waals surface area contributed by atoms with E-state index in [4.69, 9.17) is 4.74 Å². The molecule has 2 aliphatic heterocycles. The van der Waals surface area contributed by atoms with Crippen LogP contribution < -0.4 is 4.74 Å². The number of carbonyl (C=O) groups is 2. The average Bonchev–Trinajstić information content (AvgIpc) is 3.72. The number of benzene rings is 3. The van der Waals surface area contributed by atoms with Crippen LogP contribution in [0.3, 0.4) is 0 Å². The molecule has 0 aliphatic carbocycles. The maximum atomic E-state index is 14.3. The summed E-state index contributed by atoms with van der Waals surface area (Å²) in [5.74, 6) is 0.162. The van der Waals surface area contributed by atoms with Gasteiger partial charge in [-0.25, -0.2) is 9.07 Å². The van der Waals surface area contributed by atoms with E-state index in [0.29, 0.717) is 23.5 Å². The van der Waals surface area contributed by atoms with Crippen LogP contribution in [0.25, 0.3) is 5.69 Å². The van der Waals surface area contributed by atoms with Crippen molar-refractivity contribution in [2.75, 3.05) is 73.1 Å². The lowest BCUT2D eigenvalue weighted by Gasteiger charge is -2.45. The molecule has 264 valence electrons. The number of piperazine rings is 1. The van der Waals surface area contributed by atoms with E-state index in [2.05, 4.69) is 49.3 Å². The third kappa shape index (κ3) is 7.71. The Morgan fingerprint density at radius 3 is 2.30 bits per heavy atom. The molecule has 2 saturated heterocycles. The highest BCUT2D eigenvalue weighted by atomic mass is 19.1. The van der Waals surface area contributed by atoms with Gasteiger partial charge in [0, 0.05) is 45.7 Å². The fourth-order valence-electron chi connectivity index (χ4n) is 7.45. The number of amides is 2. The van der Waals surface area contributed by atoms with Crippen molar-refractivity contribution in [3.63, 3.8) is 0 Å². The first-order valence-electron chi connectivity index (χ1n) is 17.5. The zero-order valence-electron chi connectivity index (χ0n) is 29.2. The molecule has 0 saturated carbocycles. The minimum atomic E-state index is -0.537. The minimum Gasteiger partial charge on any atom is -0.496 e. The largest absolute Gasteiger partial charge is 0.496 e. The second-order valence-corrected chi connectivity index (χ2v) is 13.4. The number of carbonyl (C=O) groups excluding carboxylic acids is 2. The molecule has 0 spiro atoms. The standard InChI is InChI=1S/C38H47FN8O3/c1-4-44-22-24-46(25-23-44)37(49)38(31-8-6-5-7-9-31)17-20-45(21-18-38)19-16-30(29-10-12-32(39)13-11-29)27-43(2)36(48)34-26-33(14-15-35(34)50-3)47-28-40-41-42-47/h5-15,26,28,30H,4,16-25,27H2,1-3H3/t30-/m1/s1. The van der Waals surface area contributed by atoms with Gasteiger partial charge in [-0.15, -0.1) is 5.10 Å². The highest BCUT2D eigenvalue weighted by Gasteiger charge is 2.45. The van der Waals surface area contributed by atoms with Gasteiger partial charge < -0.3 is 24.3 Å². The van der Waals surface area contributed by atoms with E-state index in [0.717, 1.165) is 82.7 Å². The van der Waals surface area contributed by atoms with E-state index in [-0.39, 0.29) is 23.5 Å². The Morgan fingerprint density at radius 1 is 0.940 bits per heavy atom. The summed E-state index contributed by atoms with van der Waals surface area (Å²) in [6.07, 6.45) is 3.73. The van der Waals surface area contributed by atoms with Crippen molar-refractivity contribution in [1.29, 1.82) is 0 Å². The fraction of sp³-hybridized carbons (Fsp3) is 0.447. The van der Waals surface area contributed by atoms with Crippen molar-refractivity contribution in [3.8, 4) is 11.4 Å². The summed E-state index contributed by atoms with van der Waals surface area (Å²) in [6.45, 7) is 9.34. The molecule has 12 heteroatoms. The Kier molecular flexibility index (Phi) is 11.2. The molecule has 0 unspecified atom stereocenters.